The number of pyridine rings is 2. The Kier molecular flexibility index (Phi) is 5.34. The maximum Gasteiger partial charge on any atom is 0.158 e. The van der Waals surface area contributed by atoms with Crippen LogP contribution < -0.4 is 0 Å². The number of hydrogen-bond donors (Lipinski definition) is 1. The van der Waals surface area contributed by atoms with Gasteiger partial charge >= 0.3 is 0 Å². The fourth-order valence-electron chi connectivity index (χ4n) is 7.44. The molecule has 0 amide bonds. The van der Waals surface area contributed by atoms with Gasteiger partial charge in [0.25, 0.3) is 0 Å². The molecule has 0 aromatic carbocycles. The molecule has 7 rings (SSSR count). The van der Waals surface area contributed by atoms with Crippen molar-refractivity contribution < 1.29 is 8.42 Å². The van der Waals surface area contributed by atoms with E-state index in [-0.39, 0.29) is 5.41 Å². The number of aromatic nitrogens is 5. The molecular formula is C29H36N6O2S. The van der Waals surface area contributed by atoms with Crippen molar-refractivity contribution in [2.75, 3.05) is 24.6 Å². The quantitative estimate of drug-likeness (QED) is 0.407. The molecule has 2 aliphatic heterocycles. The third kappa shape index (κ3) is 3.72. The van der Waals surface area contributed by atoms with E-state index in [9.17, 15) is 8.42 Å². The number of fused-ring (bicyclic) bond motifs is 2. The molecule has 6 heterocycles. The Morgan fingerprint density at radius 3 is 2.47 bits per heavy atom. The van der Waals surface area contributed by atoms with Gasteiger partial charge in [0.2, 0.25) is 0 Å². The second-order valence-electron chi connectivity index (χ2n) is 12.5. The van der Waals surface area contributed by atoms with E-state index in [0.29, 0.717) is 29.4 Å². The molecule has 1 aliphatic carbocycles. The summed E-state index contributed by atoms with van der Waals surface area (Å²) in [6.45, 7) is 10.7. The Morgan fingerprint density at radius 2 is 1.79 bits per heavy atom. The first kappa shape index (κ1) is 24.3. The average Bonchev–Trinajstić information content (AvgIpc) is 3.47. The number of likely N-dealkylation sites (tertiary alicyclic amines) is 1. The molecular weight excluding hydrogens is 496 g/mol. The zero-order valence-corrected chi connectivity index (χ0v) is 23.5. The van der Waals surface area contributed by atoms with Crippen LogP contribution in [0, 0.1) is 19.3 Å². The van der Waals surface area contributed by atoms with E-state index in [0.717, 1.165) is 59.4 Å². The topological polar surface area (TPSA) is 96.2 Å². The first-order valence-corrected chi connectivity index (χ1v) is 15.7. The van der Waals surface area contributed by atoms with Gasteiger partial charge in [-0.2, -0.15) is 5.10 Å². The van der Waals surface area contributed by atoms with Crippen LogP contribution in [0.5, 0.6) is 0 Å². The van der Waals surface area contributed by atoms with Gasteiger partial charge in [-0.3, -0.25) is 9.88 Å². The highest BCUT2D eigenvalue weighted by Gasteiger charge is 2.56. The molecule has 38 heavy (non-hydrogen) atoms. The Balaban J connectivity index is 1.14. The lowest BCUT2D eigenvalue weighted by Gasteiger charge is -2.58. The summed E-state index contributed by atoms with van der Waals surface area (Å²) in [6.07, 6.45) is 8.31. The van der Waals surface area contributed by atoms with Crippen molar-refractivity contribution in [1.82, 2.24) is 29.5 Å². The summed E-state index contributed by atoms with van der Waals surface area (Å²) < 4.78 is 25.2. The predicted molar refractivity (Wildman–Crippen MR) is 149 cm³/mol. The number of hydrogen-bond acceptors (Lipinski definition) is 6. The van der Waals surface area contributed by atoms with E-state index in [2.05, 4.69) is 66.0 Å². The maximum atomic E-state index is 11.7. The SMILES string of the molecule is Cc1c(-c2[nH]c3ccc([C@H]4CC[C@H](N5CC6(C5)CS(=O)(=O)C6)CC4)nc3c2C(C)C)cn2ncnc2c1C. The fourth-order valence-corrected chi connectivity index (χ4v) is 9.59. The van der Waals surface area contributed by atoms with Gasteiger partial charge in [0.15, 0.2) is 15.5 Å². The van der Waals surface area contributed by atoms with Crippen LogP contribution in [0.2, 0.25) is 0 Å². The predicted octanol–water partition coefficient (Wildman–Crippen LogP) is 4.77. The van der Waals surface area contributed by atoms with Gasteiger partial charge < -0.3 is 4.98 Å². The van der Waals surface area contributed by atoms with Crippen LogP contribution in [0.1, 0.15) is 73.8 Å². The standard InChI is InChI=1S/C29H36N6O2S/c1-17(2)25-26(22-11-35-28(30-16-31-35)19(4)18(22)3)33-24-10-9-23(32-27(24)25)20-5-7-21(8-6-20)34-12-29(13-34)14-38(36,37)15-29/h9-11,16-17,20-21,33H,5-8,12-15H2,1-4H3/t20-,21-. The van der Waals surface area contributed by atoms with Gasteiger partial charge in [-0.25, -0.2) is 17.9 Å². The maximum absolute atomic E-state index is 11.7. The van der Waals surface area contributed by atoms with Gasteiger partial charge in [-0.1, -0.05) is 13.8 Å². The largest absolute Gasteiger partial charge is 0.353 e. The molecule has 1 saturated carbocycles. The van der Waals surface area contributed by atoms with Crippen molar-refractivity contribution in [2.45, 2.75) is 71.3 Å². The molecule has 4 aromatic rings. The number of aryl methyl sites for hydroxylation is 1. The third-order valence-electron chi connectivity index (χ3n) is 9.43. The minimum absolute atomic E-state index is 0.0802. The van der Waals surface area contributed by atoms with Gasteiger partial charge in [0.05, 0.1) is 28.2 Å². The Labute approximate surface area is 223 Å². The Morgan fingerprint density at radius 1 is 1.05 bits per heavy atom. The number of sulfone groups is 1. The number of nitrogens with one attached hydrogen (secondary N) is 1. The van der Waals surface area contributed by atoms with Gasteiger partial charge in [-0.05, 0) is 68.7 Å². The number of nitrogens with zero attached hydrogens (tertiary/aromatic N) is 5. The molecule has 1 N–H and O–H groups in total. The van der Waals surface area contributed by atoms with Crippen LogP contribution in [0.3, 0.4) is 0 Å². The second-order valence-corrected chi connectivity index (χ2v) is 14.5. The van der Waals surface area contributed by atoms with Crippen LogP contribution in [0.25, 0.3) is 27.9 Å². The van der Waals surface area contributed by atoms with E-state index < -0.39 is 9.84 Å². The summed E-state index contributed by atoms with van der Waals surface area (Å²) in [6, 6.07) is 5.02. The van der Waals surface area contributed by atoms with Crippen molar-refractivity contribution in [3.8, 4) is 11.3 Å². The second kappa shape index (κ2) is 8.36. The van der Waals surface area contributed by atoms with Crippen LogP contribution >= 0.6 is 0 Å². The number of H-pyrrole nitrogens is 1. The van der Waals surface area contributed by atoms with Crippen molar-refractivity contribution in [3.63, 3.8) is 0 Å². The van der Waals surface area contributed by atoms with E-state index in [1.54, 1.807) is 6.33 Å². The molecule has 3 fully saturated rings. The Hall–Kier alpha value is -2.78. The van der Waals surface area contributed by atoms with Crippen molar-refractivity contribution in [1.29, 1.82) is 0 Å². The molecule has 200 valence electrons. The molecule has 0 bridgehead atoms. The normalized spacial score (nSPS) is 24.8. The monoisotopic (exact) mass is 532 g/mol. The molecule has 3 aliphatic rings. The summed E-state index contributed by atoms with van der Waals surface area (Å²) in [5.74, 6) is 1.60. The molecule has 2 saturated heterocycles. The summed E-state index contributed by atoms with van der Waals surface area (Å²) >= 11 is 0. The highest BCUT2D eigenvalue weighted by Crippen LogP contribution is 2.46. The van der Waals surface area contributed by atoms with Gasteiger partial charge in [-0.15, -0.1) is 0 Å². The van der Waals surface area contributed by atoms with Crippen molar-refractivity contribution >= 4 is 26.5 Å². The molecule has 0 unspecified atom stereocenters. The minimum atomic E-state index is -2.75. The van der Waals surface area contributed by atoms with Crippen LogP contribution in [0.4, 0.5) is 0 Å². The number of rotatable bonds is 4. The van der Waals surface area contributed by atoms with E-state index in [1.807, 2.05) is 4.52 Å². The third-order valence-corrected chi connectivity index (χ3v) is 11.5. The molecule has 9 heteroatoms. The van der Waals surface area contributed by atoms with Gasteiger partial charge in [0, 0.05) is 53.5 Å². The van der Waals surface area contributed by atoms with E-state index in [4.69, 9.17) is 4.98 Å². The summed E-state index contributed by atoms with van der Waals surface area (Å²) in [7, 11) is -2.75. The first-order chi connectivity index (χ1) is 18.1. The molecule has 4 aromatic heterocycles. The lowest BCUT2D eigenvalue weighted by Crippen LogP contribution is -2.70. The minimum Gasteiger partial charge on any atom is -0.353 e. The van der Waals surface area contributed by atoms with Crippen LogP contribution in [0.15, 0.2) is 24.7 Å². The molecule has 0 radical (unpaired) electrons. The summed E-state index contributed by atoms with van der Waals surface area (Å²) in [5, 5.41) is 4.41. The summed E-state index contributed by atoms with van der Waals surface area (Å²) in [4.78, 5) is 16.0. The van der Waals surface area contributed by atoms with Crippen molar-refractivity contribution in [3.05, 3.63) is 47.0 Å². The zero-order chi connectivity index (χ0) is 26.4. The van der Waals surface area contributed by atoms with Gasteiger partial charge in [0.1, 0.15) is 6.33 Å². The van der Waals surface area contributed by atoms with Crippen molar-refractivity contribution in [2.24, 2.45) is 5.41 Å². The zero-order valence-electron chi connectivity index (χ0n) is 22.7. The molecule has 8 nitrogen and oxygen atoms in total. The molecule has 1 spiro atoms. The van der Waals surface area contributed by atoms with Crippen LogP contribution in [-0.4, -0.2) is 68.5 Å². The molecule has 0 atom stereocenters. The lowest BCUT2D eigenvalue weighted by molar-refractivity contribution is -0.0238. The average molecular weight is 533 g/mol. The van der Waals surface area contributed by atoms with Crippen LogP contribution in [-0.2, 0) is 9.84 Å². The highest BCUT2D eigenvalue weighted by molar-refractivity contribution is 7.92. The fraction of sp³-hybridized carbons (Fsp3) is 0.552. The number of aromatic amines is 1. The Bertz CT molecular complexity index is 1660. The van der Waals surface area contributed by atoms with E-state index in [1.165, 1.54) is 29.7 Å². The first-order valence-electron chi connectivity index (χ1n) is 13.9. The highest BCUT2D eigenvalue weighted by atomic mass is 32.2. The summed E-state index contributed by atoms with van der Waals surface area (Å²) in [5.41, 5.74) is 10.2. The lowest BCUT2D eigenvalue weighted by atomic mass is 9.77. The van der Waals surface area contributed by atoms with E-state index >= 15 is 0 Å². The smallest absolute Gasteiger partial charge is 0.158 e.